The molecule has 26 heavy (non-hydrogen) atoms. The van der Waals surface area contributed by atoms with Gasteiger partial charge in [0.25, 0.3) is 0 Å². The van der Waals surface area contributed by atoms with E-state index in [0.717, 1.165) is 30.8 Å². The molecule has 3 rings (SSSR count). The van der Waals surface area contributed by atoms with Crippen LogP contribution in [-0.4, -0.2) is 46.6 Å². The van der Waals surface area contributed by atoms with E-state index in [4.69, 9.17) is 4.42 Å². The average molecular weight is 357 g/mol. The Bertz CT molecular complexity index is 756. The molecule has 0 aromatic carbocycles. The summed E-state index contributed by atoms with van der Waals surface area (Å²) >= 11 is 0. The van der Waals surface area contributed by atoms with Gasteiger partial charge in [-0.2, -0.15) is 0 Å². The molecule has 1 saturated heterocycles. The minimum absolute atomic E-state index is 0.123. The molecule has 0 aliphatic carbocycles. The molecule has 3 heterocycles. The van der Waals surface area contributed by atoms with Crippen molar-refractivity contribution in [2.24, 2.45) is 0 Å². The number of rotatable bonds is 6. The Morgan fingerprint density at radius 1 is 1.38 bits per heavy atom. The fraction of sp³-hybridized carbons (Fsp3) is 0.579. The fourth-order valence-electron chi connectivity index (χ4n) is 3.26. The van der Waals surface area contributed by atoms with Gasteiger partial charge in [0.05, 0.1) is 6.04 Å². The molecule has 0 saturated carbocycles. The minimum atomic E-state index is 0.123. The number of amides is 1. The summed E-state index contributed by atoms with van der Waals surface area (Å²) in [5, 5.41) is 8.07. The third-order valence-corrected chi connectivity index (χ3v) is 4.71. The van der Waals surface area contributed by atoms with Crippen LogP contribution in [0, 0.1) is 0 Å². The summed E-state index contributed by atoms with van der Waals surface area (Å²) in [7, 11) is 3.94. The van der Waals surface area contributed by atoms with Crippen LogP contribution in [0.2, 0.25) is 0 Å². The molecule has 7 heteroatoms. The number of hydrogen-bond donors (Lipinski definition) is 0. The highest BCUT2D eigenvalue weighted by Crippen LogP contribution is 2.33. The van der Waals surface area contributed by atoms with Gasteiger partial charge in [-0.15, -0.1) is 10.2 Å². The Morgan fingerprint density at radius 3 is 2.88 bits per heavy atom. The number of aryl methyl sites for hydroxylation is 1. The van der Waals surface area contributed by atoms with Gasteiger partial charge in [0.1, 0.15) is 5.82 Å². The molecular formula is C19H27N5O2. The summed E-state index contributed by atoms with van der Waals surface area (Å²) in [6, 6.07) is 4.21. The first-order valence-electron chi connectivity index (χ1n) is 9.20. The highest BCUT2D eigenvalue weighted by atomic mass is 16.4. The maximum Gasteiger partial charge on any atom is 0.223 e. The Hall–Kier alpha value is -2.44. The lowest BCUT2D eigenvalue weighted by Gasteiger charge is -2.25. The zero-order valence-corrected chi connectivity index (χ0v) is 16.0. The lowest BCUT2D eigenvalue weighted by Crippen LogP contribution is -2.30. The monoisotopic (exact) mass is 357 g/mol. The van der Waals surface area contributed by atoms with Gasteiger partial charge in [0.2, 0.25) is 17.7 Å². The Labute approximate surface area is 154 Å². The van der Waals surface area contributed by atoms with Crippen molar-refractivity contribution in [2.45, 2.75) is 51.5 Å². The number of pyridine rings is 1. The number of aromatic nitrogens is 3. The molecule has 0 unspecified atom stereocenters. The number of anilines is 1. The first-order valence-corrected chi connectivity index (χ1v) is 9.20. The van der Waals surface area contributed by atoms with Gasteiger partial charge in [0, 0.05) is 45.6 Å². The lowest BCUT2D eigenvalue weighted by atomic mass is 10.1. The van der Waals surface area contributed by atoms with E-state index in [1.165, 1.54) is 0 Å². The molecule has 0 bridgehead atoms. The highest BCUT2D eigenvalue weighted by molar-refractivity contribution is 5.77. The molecule has 0 spiro atoms. The van der Waals surface area contributed by atoms with E-state index in [1.54, 1.807) is 0 Å². The number of likely N-dealkylation sites (tertiary alicyclic amines) is 1. The van der Waals surface area contributed by atoms with E-state index in [-0.39, 0.29) is 17.9 Å². The van der Waals surface area contributed by atoms with Crippen LogP contribution < -0.4 is 4.90 Å². The van der Waals surface area contributed by atoms with Gasteiger partial charge >= 0.3 is 0 Å². The molecule has 1 aliphatic heterocycles. The Kier molecular flexibility index (Phi) is 5.54. The molecule has 1 atom stereocenters. The van der Waals surface area contributed by atoms with Crippen molar-refractivity contribution < 1.29 is 9.21 Å². The molecule has 1 aliphatic rings. The second-order valence-electron chi connectivity index (χ2n) is 7.28. The van der Waals surface area contributed by atoms with E-state index in [1.807, 2.05) is 50.0 Å². The molecule has 1 fully saturated rings. The highest BCUT2D eigenvalue weighted by Gasteiger charge is 2.30. The molecule has 2 aromatic rings. The largest absolute Gasteiger partial charge is 0.425 e. The summed E-state index contributed by atoms with van der Waals surface area (Å²) in [5.41, 5.74) is 1.15. The van der Waals surface area contributed by atoms with Crippen LogP contribution in [-0.2, 0) is 11.2 Å². The third-order valence-electron chi connectivity index (χ3n) is 4.71. The van der Waals surface area contributed by atoms with Crippen molar-refractivity contribution in [3.8, 4) is 0 Å². The quantitative estimate of drug-likeness (QED) is 0.791. The lowest BCUT2D eigenvalue weighted by molar-refractivity contribution is -0.132. The normalized spacial score (nSPS) is 17.1. The summed E-state index contributed by atoms with van der Waals surface area (Å²) in [4.78, 5) is 21.1. The van der Waals surface area contributed by atoms with Crippen molar-refractivity contribution in [3.05, 3.63) is 35.7 Å². The minimum Gasteiger partial charge on any atom is -0.425 e. The second-order valence-corrected chi connectivity index (χ2v) is 7.28. The summed E-state index contributed by atoms with van der Waals surface area (Å²) in [5.74, 6) is 2.41. The second kappa shape index (κ2) is 7.85. The maximum atomic E-state index is 12.8. The number of nitrogens with zero attached hydrogens (tertiary/aromatic N) is 5. The number of carbonyl (C=O) groups is 1. The van der Waals surface area contributed by atoms with Gasteiger partial charge in [-0.25, -0.2) is 4.98 Å². The number of carbonyl (C=O) groups excluding carboxylic acids is 1. The van der Waals surface area contributed by atoms with Gasteiger partial charge < -0.3 is 14.2 Å². The molecule has 0 radical (unpaired) electrons. The van der Waals surface area contributed by atoms with Crippen molar-refractivity contribution >= 4 is 11.7 Å². The van der Waals surface area contributed by atoms with Crippen LogP contribution >= 0.6 is 0 Å². The van der Waals surface area contributed by atoms with Gasteiger partial charge in [-0.1, -0.05) is 13.8 Å². The zero-order chi connectivity index (χ0) is 18.7. The SMILES string of the molecule is CC(C)c1nnc(CCC(=O)N2CCC[C@@H]2c2ccnc(N(C)C)c2)o1. The van der Waals surface area contributed by atoms with Crippen LogP contribution in [0.1, 0.15) is 62.4 Å². The molecule has 140 valence electrons. The zero-order valence-electron chi connectivity index (χ0n) is 16.0. The summed E-state index contributed by atoms with van der Waals surface area (Å²) < 4.78 is 5.60. The van der Waals surface area contributed by atoms with Crippen molar-refractivity contribution in [2.75, 3.05) is 25.5 Å². The average Bonchev–Trinajstić information content (AvgIpc) is 3.29. The smallest absolute Gasteiger partial charge is 0.223 e. The van der Waals surface area contributed by atoms with Crippen molar-refractivity contribution in [3.63, 3.8) is 0 Å². The summed E-state index contributed by atoms with van der Waals surface area (Å²) in [6.45, 7) is 4.81. The van der Waals surface area contributed by atoms with E-state index in [9.17, 15) is 4.79 Å². The van der Waals surface area contributed by atoms with Crippen LogP contribution in [0.15, 0.2) is 22.7 Å². The summed E-state index contributed by atoms with van der Waals surface area (Å²) in [6.07, 6.45) is 4.70. The van der Waals surface area contributed by atoms with E-state index >= 15 is 0 Å². The molecule has 2 aromatic heterocycles. The van der Waals surface area contributed by atoms with Crippen LogP contribution in [0.4, 0.5) is 5.82 Å². The predicted molar refractivity (Wildman–Crippen MR) is 99.0 cm³/mol. The Morgan fingerprint density at radius 2 is 2.19 bits per heavy atom. The topological polar surface area (TPSA) is 75.4 Å². The molecule has 1 amide bonds. The predicted octanol–water partition coefficient (Wildman–Crippen LogP) is 2.95. The van der Waals surface area contributed by atoms with Crippen molar-refractivity contribution in [1.29, 1.82) is 0 Å². The van der Waals surface area contributed by atoms with E-state index in [2.05, 4.69) is 21.2 Å². The molecule has 7 nitrogen and oxygen atoms in total. The van der Waals surface area contributed by atoms with Crippen LogP contribution in [0.25, 0.3) is 0 Å². The van der Waals surface area contributed by atoms with Crippen LogP contribution in [0.5, 0.6) is 0 Å². The van der Waals surface area contributed by atoms with E-state index < -0.39 is 0 Å². The Balaban J connectivity index is 1.65. The number of hydrogen-bond acceptors (Lipinski definition) is 6. The van der Waals surface area contributed by atoms with Crippen molar-refractivity contribution in [1.82, 2.24) is 20.1 Å². The van der Waals surface area contributed by atoms with Gasteiger partial charge in [0.15, 0.2) is 0 Å². The fourth-order valence-corrected chi connectivity index (χ4v) is 3.26. The molecule has 0 N–H and O–H groups in total. The first kappa shape index (κ1) is 18.4. The maximum absolute atomic E-state index is 12.8. The van der Waals surface area contributed by atoms with Crippen LogP contribution in [0.3, 0.4) is 0 Å². The first-order chi connectivity index (χ1) is 12.5. The standard InChI is InChI=1S/C19H27N5O2/c1-13(2)19-22-21-17(26-19)7-8-18(25)24-11-5-6-15(24)14-9-10-20-16(12-14)23(3)4/h9-10,12-13,15H,5-8,11H2,1-4H3/t15-/m1/s1. The van der Waals surface area contributed by atoms with E-state index in [0.29, 0.717) is 24.6 Å². The van der Waals surface area contributed by atoms with Gasteiger partial charge in [-0.3, -0.25) is 4.79 Å². The molecular weight excluding hydrogens is 330 g/mol. The third kappa shape index (κ3) is 4.03. The van der Waals surface area contributed by atoms with Gasteiger partial charge in [-0.05, 0) is 30.5 Å².